The molecule has 1 aromatic heterocycles. The molecule has 0 aliphatic carbocycles. The molecule has 1 saturated heterocycles. The third-order valence-corrected chi connectivity index (χ3v) is 5.14. The largest absolute Gasteiger partial charge is 0.507 e. The Balaban J connectivity index is 1.79. The Bertz CT molecular complexity index is 875. The van der Waals surface area contributed by atoms with E-state index >= 15 is 0 Å². The molecular formula is C23H30N2O4. The lowest BCUT2D eigenvalue weighted by Gasteiger charge is -2.38. The van der Waals surface area contributed by atoms with Crippen molar-refractivity contribution in [2.45, 2.75) is 45.8 Å². The van der Waals surface area contributed by atoms with Crippen molar-refractivity contribution in [1.29, 1.82) is 0 Å². The number of anilines is 1. The van der Waals surface area contributed by atoms with Crippen LogP contribution >= 0.6 is 0 Å². The Hall–Kier alpha value is -2.60. The van der Waals surface area contributed by atoms with Gasteiger partial charge in [0.15, 0.2) is 0 Å². The van der Waals surface area contributed by atoms with E-state index in [0.717, 1.165) is 11.4 Å². The molecule has 29 heavy (non-hydrogen) atoms. The van der Waals surface area contributed by atoms with Crippen molar-refractivity contribution in [2.24, 2.45) is 5.92 Å². The molecule has 0 bridgehead atoms. The minimum absolute atomic E-state index is 0.213. The fourth-order valence-corrected chi connectivity index (χ4v) is 3.63. The van der Waals surface area contributed by atoms with Gasteiger partial charge in [0, 0.05) is 25.8 Å². The average Bonchev–Trinajstić information content (AvgIpc) is 2.68. The molecule has 1 aromatic carbocycles. The van der Waals surface area contributed by atoms with Crippen LogP contribution in [0.25, 0.3) is 11.3 Å². The molecular weight excluding hydrogens is 368 g/mol. The SMILES string of the molecule is CO[C@@H]1CN(c2cccc(-c3cccc(C)c3O)n2)CC[C@H]1C(=O)OC(C)(C)C. The van der Waals surface area contributed by atoms with Gasteiger partial charge in [0.05, 0.1) is 17.7 Å². The Morgan fingerprint density at radius 2 is 1.93 bits per heavy atom. The number of aromatic hydroxyl groups is 1. The molecule has 6 nitrogen and oxygen atoms in total. The maximum atomic E-state index is 12.6. The highest BCUT2D eigenvalue weighted by Gasteiger charge is 2.37. The van der Waals surface area contributed by atoms with E-state index in [4.69, 9.17) is 14.5 Å². The molecule has 2 atom stereocenters. The van der Waals surface area contributed by atoms with Gasteiger partial charge in [0.25, 0.3) is 0 Å². The number of phenols is 1. The lowest BCUT2D eigenvalue weighted by molar-refractivity contribution is -0.165. The highest BCUT2D eigenvalue weighted by Crippen LogP contribution is 2.32. The van der Waals surface area contributed by atoms with Crippen LogP contribution < -0.4 is 4.90 Å². The van der Waals surface area contributed by atoms with Crippen LogP contribution in [0, 0.1) is 12.8 Å². The number of aryl methyl sites for hydroxylation is 1. The van der Waals surface area contributed by atoms with Crippen molar-refractivity contribution in [2.75, 3.05) is 25.1 Å². The Morgan fingerprint density at radius 3 is 2.62 bits per heavy atom. The van der Waals surface area contributed by atoms with Crippen molar-refractivity contribution in [3.8, 4) is 17.0 Å². The first-order chi connectivity index (χ1) is 13.7. The first kappa shape index (κ1) is 21.1. The van der Waals surface area contributed by atoms with E-state index in [-0.39, 0.29) is 23.7 Å². The van der Waals surface area contributed by atoms with Gasteiger partial charge in [-0.1, -0.05) is 18.2 Å². The molecule has 0 spiro atoms. The zero-order valence-electron chi connectivity index (χ0n) is 17.8. The molecule has 156 valence electrons. The van der Waals surface area contributed by atoms with E-state index in [1.165, 1.54) is 0 Å². The zero-order chi connectivity index (χ0) is 21.2. The van der Waals surface area contributed by atoms with Gasteiger partial charge in [-0.05, 0) is 57.9 Å². The minimum atomic E-state index is -0.516. The number of carbonyl (C=O) groups excluding carboxylic acids is 1. The number of rotatable bonds is 4. The number of hydrogen-bond donors (Lipinski definition) is 1. The standard InChI is InChI=1S/C23H30N2O4/c1-15-8-6-9-16(21(15)26)18-10-7-11-20(24-18)25-13-12-17(19(14-25)28-5)22(27)29-23(2,3)4/h6-11,17,19,26H,12-14H2,1-5H3/t17-,19-/m1/s1. The maximum Gasteiger partial charge on any atom is 0.312 e. The second-order valence-electron chi connectivity index (χ2n) is 8.50. The van der Waals surface area contributed by atoms with Crippen LogP contribution in [0.5, 0.6) is 5.75 Å². The topological polar surface area (TPSA) is 71.9 Å². The quantitative estimate of drug-likeness (QED) is 0.787. The number of phenolic OH excluding ortho intramolecular Hbond substituents is 1. The summed E-state index contributed by atoms with van der Waals surface area (Å²) >= 11 is 0. The van der Waals surface area contributed by atoms with Crippen LogP contribution in [0.4, 0.5) is 5.82 Å². The fourth-order valence-electron chi connectivity index (χ4n) is 3.63. The van der Waals surface area contributed by atoms with Crippen molar-refractivity contribution < 1.29 is 19.4 Å². The van der Waals surface area contributed by atoms with Crippen LogP contribution in [0.2, 0.25) is 0 Å². The number of para-hydroxylation sites is 1. The Morgan fingerprint density at radius 1 is 1.21 bits per heavy atom. The summed E-state index contributed by atoms with van der Waals surface area (Å²) in [5, 5.41) is 10.4. The monoisotopic (exact) mass is 398 g/mol. The number of nitrogens with zero attached hydrogens (tertiary/aromatic N) is 2. The lowest BCUT2D eigenvalue weighted by Crippen LogP contribution is -2.49. The number of hydrogen-bond acceptors (Lipinski definition) is 6. The van der Waals surface area contributed by atoms with Gasteiger partial charge in [-0.3, -0.25) is 4.79 Å². The van der Waals surface area contributed by atoms with Gasteiger partial charge in [0.1, 0.15) is 17.2 Å². The van der Waals surface area contributed by atoms with Gasteiger partial charge < -0.3 is 19.5 Å². The fraction of sp³-hybridized carbons (Fsp3) is 0.478. The first-order valence-electron chi connectivity index (χ1n) is 9.96. The van der Waals surface area contributed by atoms with Gasteiger partial charge in [-0.25, -0.2) is 4.98 Å². The summed E-state index contributed by atoms with van der Waals surface area (Å²) in [7, 11) is 1.63. The molecule has 2 heterocycles. The number of ether oxygens (including phenoxy) is 2. The number of piperidine rings is 1. The summed E-state index contributed by atoms with van der Waals surface area (Å²) in [5.74, 6) is 0.540. The number of pyridine rings is 1. The molecule has 0 amide bonds. The smallest absolute Gasteiger partial charge is 0.312 e. The van der Waals surface area contributed by atoms with Crippen LogP contribution in [0.3, 0.4) is 0 Å². The summed E-state index contributed by atoms with van der Waals surface area (Å²) in [4.78, 5) is 19.4. The predicted molar refractivity (Wildman–Crippen MR) is 113 cm³/mol. The first-order valence-corrected chi connectivity index (χ1v) is 9.96. The lowest BCUT2D eigenvalue weighted by atomic mass is 9.93. The molecule has 1 aliphatic rings. The van der Waals surface area contributed by atoms with Crippen LogP contribution in [0.15, 0.2) is 36.4 Å². The Labute approximate surface area is 172 Å². The molecule has 1 fully saturated rings. The highest BCUT2D eigenvalue weighted by atomic mass is 16.6. The zero-order valence-corrected chi connectivity index (χ0v) is 17.8. The molecule has 6 heteroatoms. The highest BCUT2D eigenvalue weighted by molar-refractivity contribution is 5.74. The van der Waals surface area contributed by atoms with Crippen molar-refractivity contribution in [1.82, 2.24) is 4.98 Å². The van der Waals surface area contributed by atoms with E-state index in [0.29, 0.717) is 30.8 Å². The van der Waals surface area contributed by atoms with E-state index in [2.05, 4.69) is 4.90 Å². The number of benzene rings is 1. The molecule has 0 saturated carbocycles. The molecule has 1 aliphatic heterocycles. The number of methoxy groups -OCH3 is 1. The third-order valence-electron chi connectivity index (χ3n) is 5.14. The molecule has 3 rings (SSSR count). The number of aromatic nitrogens is 1. The average molecular weight is 399 g/mol. The Kier molecular flexibility index (Phi) is 6.13. The third kappa shape index (κ3) is 4.88. The summed E-state index contributed by atoms with van der Waals surface area (Å²) < 4.78 is 11.2. The van der Waals surface area contributed by atoms with E-state index in [1.54, 1.807) is 7.11 Å². The van der Waals surface area contributed by atoms with Gasteiger partial charge in [0.2, 0.25) is 0 Å². The normalized spacial score (nSPS) is 19.8. The maximum absolute atomic E-state index is 12.6. The number of carbonyl (C=O) groups is 1. The summed E-state index contributed by atoms with van der Waals surface area (Å²) in [5.41, 5.74) is 1.72. The van der Waals surface area contributed by atoms with Crippen molar-refractivity contribution in [3.05, 3.63) is 42.0 Å². The summed E-state index contributed by atoms with van der Waals surface area (Å²) in [6.45, 7) is 8.72. The van der Waals surface area contributed by atoms with E-state index in [9.17, 15) is 9.90 Å². The van der Waals surface area contributed by atoms with Crippen LogP contribution in [0.1, 0.15) is 32.8 Å². The summed E-state index contributed by atoms with van der Waals surface area (Å²) in [6.07, 6.45) is 0.367. The molecule has 0 unspecified atom stereocenters. The second kappa shape index (κ2) is 8.41. The molecule has 0 radical (unpaired) electrons. The molecule has 2 aromatic rings. The van der Waals surface area contributed by atoms with Gasteiger partial charge >= 0.3 is 5.97 Å². The van der Waals surface area contributed by atoms with E-state index < -0.39 is 5.60 Å². The minimum Gasteiger partial charge on any atom is -0.507 e. The van der Waals surface area contributed by atoms with Crippen LogP contribution in [-0.2, 0) is 14.3 Å². The summed E-state index contributed by atoms with van der Waals surface area (Å²) in [6, 6.07) is 11.4. The van der Waals surface area contributed by atoms with Crippen molar-refractivity contribution >= 4 is 11.8 Å². The molecule has 1 N–H and O–H groups in total. The number of esters is 1. The van der Waals surface area contributed by atoms with E-state index in [1.807, 2.05) is 64.1 Å². The van der Waals surface area contributed by atoms with Crippen molar-refractivity contribution in [3.63, 3.8) is 0 Å². The van der Waals surface area contributed by atoms with Gasteiger partial charge in [-0.2, -0.15) is 0 Å². The second-order valence-corrected chi connectivity index (χ2v) is 8.50. The van der Waals surface area contributed by atoms with Gasteiger partial charge in [-0.15, -0.1) is 0 Å². The van der Waals surface area contributed by atoms with Crippen LogP contribution in [-0.4, -0.2) is 48.0 Å². The predicted octanol–water partition coefficient (Wildman–Crippen LogP) is 3.95.